The van der Waals surface area contributed by atoms with Gasteiger partial charge < -0.3 is 4.98 Å². The number of aromatic amines is 1. The molecule has 3 unspecified atom stereocenters. The highest BCUT2D eigenvalue weighted by Crippen LogP contribution is 2.38. The highest BCUT2D eigenvalue weighted by Gasteiger charge is 2.28. The van der Waals surface area contributed by atoms with Gasteiger partial charge in [0.25, 0.3) is 0 Å². The number of nitrogens with one attached hydrogen (secondary N) is 1. The lowest BCUT2D eigenvalue weighted by Gasteiger charge is -2.22. The van der Waals surface area contributed by atoms with E-state index in [1.807, 2.05) is 24.2 Å². The van der Waals surface area contributed by atoms with E-state index >= 15 is 0 Å². The van der Waals surface area contributed by atoms with E-state index in [4.69, 9.17) is 0 Å². The zero-order valence-electron chi connectivity index (χ0n) is 9.57. The molecule has 1 fully saturated rings. The quantitative estimate of drug-likeness (QED) is 0.780. The number of hydrogen-bond acceptors (Lipinski definition) is 2. The van der Waals surface area contributed by atoms with Crippen molar-refractivity contribution in [1.29, 1.82) is 0 Å². The lowest BCUT2D eigenvalue weighted by Crippen LogP contribution is -2.16. The van der Waals surface area contributed by atoms with Gasteiger partial charge in [-0.25, -0.2) is 4.98 Å². The van der Waals surface area contributed by atoms with Crippen LogP contribution in [0, 0.1) is 5.92 Å². The van der Waals surface area contributed by atoms with Crippen LogP contribution in [0.15, 0.2) is 12.4 Å². The zero-order chi connectivity index (χ0) is 10.7. The van der Waals surface area contributed by atoms with Gasteiger partial charge in [0.15, 0.2) is 0 Å². The van der Waals surface area contributed by atoms with Crippen molar-refractivity contribution in [3.8, 4) is 0 Å². The minimum Gasteiger partial charge on any atom is -0.348 e. The predicted molar refractivity (Wildman–Crippen MR) is 66.3 cm³/mol. The lowest BCUT2D eigenvalue weighted by atomic mass is 9.94. The summed E-state index contributed by atoms with van der Waals surface area (Å²) in [7, 11) is 0. The van der Waals surface area contributed by atoms with Crippen molar-refractivity contribution in [3.05, 3.63) is 18.2 Å². The SMILES string of the molecule is CSC1CCCC(C)CC1c1ncc[nH]1. The van der Waals surface area contributed by atoms with Gasteiger partial charge in [-0.15, -0.1) is 0 Å². The Morgan fingerprint density at radius 1 is 1.47 bits per heavy atom. The molecule has 84 valence electrons. The van der Waals surface area contributed by atoms with Crippen LogP contribution < -0.4 is 0 Å². The topological polar surface area (TPSA) is 28.7 Å². The van der Waals surface area contributed by atoms with E-state index in [0.717, 1.165) is 11.2 Å². The largest absolute Gasteiger partial charge is 0.348 e. The van der Waals surface area contributed by atoms with Gasteiger partial charge in [-0.1, -0.05) is 19.8 Å². The first-order valence-corrected chi connectivity index (χ1v) is 7.12. The molecule has 2 rings (SSSR count). The first-order valence-electron chi connectivity index (χ1n) is 5.83. The van der Waals surface area contributed by atoms with Crippen molar-refractivity contribution >= 4 is 11.8 Å². The summed E-state index contributed by atoms with van der Waals surface area (Å²) < 4.78 is 0. The van der Waals surface area contributed by atoms with Crippen LogP contribution in [0.1, 0.15) is 44.3 Å². The molecule has 0 bridgehead atoms. The fraction of sp³-hybridized carbons (Fsp3) is 0.750. The molecule has 0 amide bonds. The number of thioether (sulfide) groups is 1. The van der Waals surface area contributed by atoms with Gasteiger partial charge in [-0.2, -0.15) is 11.8 Å². The highest BCUT2D eigenvalue weighted by atomic mass is 32.2. The number of rotatable bonds is 2. The van der Waals surface area contributed by atoms with Crippen LogP contribution in [0.2, 0.25) is 0 Å². The molecule has 2 nitrogen and oxygen atoms in total. The number of hydrogen-bond donors (Lipinski definition) is 1. The third-order valence-corrected chi connectivity index (χ3v) is 4.63. The van der Waals surface area contributed by atoms with Gasteiger partial charge in [0.1, 0.15) is 5.82 Å². The molecule has 3 atom stereocenters. The van der Waals surface area contributed by atoms with Crippen LogP contribution in [0.4, 0.5) is 0 Å². The Hall–Kier alpha value is -0.440. The maximum absolute atomic E-state index is 4.45. The average Bonchev–Trinajstić information content (AvgIpc) is 2.69. The molecule has 3 heteroatoms. The summed E-state index contributed by atoms with van der Waals surface area (Å²) in [6.45, 7) is 2.37. The molecular formula is C12H20N2S. The van der Waals surface area contributed by atoms with Crippen LogP contribution in [0.5, 0.6) is 0 Å². The summed E-state index contributed by atoms with van der Waals surface area (Å²) in [5.41, 5.74) is 0. The van der Waals surface area contributed by atoms with Crippen molar-refractivity contribution in [3.63, 3.8) is 0 Å². The number of aromatic nitrogens is 2. The summed E-state index contributed by atoms with van der Waals surface area (Å²) in [5.74, 6) is 2.67. The fourth-order valence-corrected chi connectivity index (χ4v) is 3.59. The molecule has 15 heavy (non-hydrogen) atoms. The zero-order valence-corrected chi connectivity index (χ0v) is 10.4. The summed E-state index contributed by atoms with van der Waals surface area (Å²) in [4.78, 5) is 7.74. The second-order valence-electron chi connectivity index (χ2n) is 4.63. The molecule has 1 aromatic heterocycles. The van der Waals surface area contributed by atoms with E-state index in [1.165, 1.54) is 31.5 Å². The van der Waals surface area contributed by atoms with E-state index < -0.39 is 0 Å². The highest BCUT2D eigenvalue weighted by molar-refractivity contribution is 7.99. The van der Waals surface area contributed by atoms with Gasteiger partial charge in [0.05, 0.1) is 0 Å². The van der Waals surface area contributed by atoms with Gasteiger partial charge in [0.2, 0.25) is 0 Å². The molecule has 1 aliphatic rings. The first kappa shape index (κ1) is 11.1. The van der Waals surface area contributed by atoms with Crippen LogP contribution in [0.25, 0.3) is 0 Å². The average molecular weight is 224 g/mol. The van der Waals surface area contributed by atoms with E-state index in [-0.39, 0.29) is 0 Å². The Bertz CT molecular complexity index is 284. The summed E-state index contributed by atoms with van der Waals surface area (Å²) >= 11 is 2.01. The first-order chi connectivity index (χ1) is 7.31. The van der Waals surface area contributed by atoms with E-state index in [2.05, 4.69) is 23.1 Å². The van der Waals surface area contributed by atoms with Gasteiger partial charge >= 0.3 is 0 Å². The Kier molecular flexibility index (Phi) is 3.73. The van der Waals surface area contributed by atoms with E-state index in [0.29, 0.717) is 5.92 Å². The number of imidazole rings is 1. The predicted octanol–water partition coefficient (Wildman–Crippen LogP) is 3.44. The lowest BCUT2D eigenvalue weighted by molar-refractivity contribution is 0.464. The molecule has 0 aliphatic heterocycles. The maximum Gasteiger partial charge on any atom is 0.110 e. The monoisotopic (exact) mass is 224 g/mol. The third kappa shape index (κ3) is 2.57. The molecule has 0 saturated heterocycles. The molecule has 1 aliphatic carbocycles. The Morgan fingerprint density at radius 2 is 2.33 bits per heavy atom. The van der Waals surface area contributed by atoms with Crippen LogP contribution >= 0.6 is 11.8 Å². The molecule has 1 aromatic rings. The molecule has 0 radical (unpaired) electrons. The second kappa shape index (κ2) is 5.06. The molecule has 1 N–H and O–H groups in total. The Morgan fingerprint density at radius 3 is 3.00 bits per heavy atom. The molecule has 1 saturated carbocycles. The van der Waals surface area contributed by atoms with E-state index in [1.54, 1.807) is 0 Å². The van der Waals surface area contributed by atoms with E-state index in [9.17, 15) is 0 Å². The normalized spacial score (nSPS) is 32.5. The standard InChI is InChI=1S/C12H20N2S/c1-9-4-3-5-11(15-2)10(8-9)12-13-6-7-14-12/h6-7,9-11H,3-5,8H2,1-2H3,(H,13,14). The number of nitrogens with zero attached hydrogens (tertiary/aromatic N) is 1. The van der Waals surface area contributed by atoms with Crippen molar-refractivity contribution in [2.75, 3.05) is 6.26 Å². The van der Waals surface area contributed by atoms with Gasteiger partial charge in [-0.3, -0.25) is 0 Å². The minimum absolute atomic E-state index is 0.632. The van der Waals surface area contributed by atoms with Crippen LogP contribution in [-0.2, 0) is 0 Å². The molecule has 1 heterocycles. The maximum atomic E-state index is 4.45. The molecule has 0 spiro atoms. The smallest absolute Gasteiger partial charge is 0.110 e. The van der Waals surface area contributed by atoms with Crippen LogP contribution in [-0.4, -0.2) is 21.5 Å². The third-order valence-electron chi connectivity index (χ3n) is 3.46. The minimum atomic E-state index is 0.632. The number of H-pyrrole nitrogens is 1. The summed E-state index contributed by atoms with van der Waals surface area (Å²) in [5, 5.41) is 0.751. The summed E-state index contributed by atoms with van der Waals surface area (Å²) in [6.07, 6.45) is 11.5. The Balaban J connectivity index is 2.16. The van der Waals surface area contributed by atoms with Gasteiger partial charge in [-0.05, 0) is 25.0 Å². The Labute approximate surface area is 96.3 Å². The van der Waals surface area contributed by atoms with Crippen molar-refractivity contribution in [2.45, 2.75) is 43.8 Å². The molecular weight excluding hydrogens is 204 g/mol. The van der Waals surface area contributed by atoms with Crippen molar-refractivity contribution in [2.24, 2.45) is 5.92 Å². The van der Waals surface area contributed by atoms with Crippen molar-refractivity contribution in [1.82, 2.24) is 9.97 Å². The second-order valence-corrected chi connectivity index (χ2v) is 5.70. The van der Waals surface area contributed by atoms with Crippen LogP contribution in [0.3, 0.4) is 0 Å². The van der Waals surface area contributed by atoms with Gasteiger partial charge in [0, 0.05) is 23.6 Å². The van der Waals surface area contributed by atoms with Crippen molar-refractivity contribution < 1.29 is 0 Å². The summed E-state index contributed by atoms with van der Waals surface area (Å²) in [6, 6.07) is 0. The molecule has 0 aromatic carbocycles. The fourth-order valence-electron chi connectivity index (χ4n) is 2.62.